The monoisotopic (exact) mass is 369 g/mol. The molecule has 138 valence electrons. The Balaban J connectivity index is 1.76. The van der Waals surface area contributed by atoms with Crippen LogP contribution in [0.4, 0.5) is 5.69 Å². The van der Waals surface area contributed by atoms with Crippen LogP contribution in [0.1, 0.15) is 22.1 Å². The highest BCUT2D eigenvalue weighted by atomic mass is 16.6. The van der Waals surface area contributed by atoms with Gasteiger partial charge >= 0.3 is 5.91 Å². The fraction of sp³-hybridized carbons (Fsp3) is 0.111. The topological polar surface area (TPSA) is 120 Å². The molecule has 0 unspecified atom stereocenters. The van der Waals surface area contributed by atoms with E-state index >= 15 is 0 Å². The largest absolute Gasteiger partial charge is 0.496 e. The van der Waals surface area contributed by atoms with Crippen LogP contribution < -0.4 is 10.2 Å². The van der Waals surface area contributed by atoms with E-state index in [1.165, 1.54) is 31.5 Å². The average molecular weight is 369 g/mol. The van der Waals surface area contributed by atoms with E-state index in [-0.39, 0.29) is 11.4 Å². The molecule has 3 aromatic rings. The third-order valence-corrected chi connectivity index (χ3v) is 3.61. The maximum absolute atomic E-state index is 11.8. The second kappa shape index (κ2) is 7.56. The molecule has 0 aliphatic heterocycles. The molecular formula is C18H15N3O6. The van der Waals surface area contributed by atoms with Gasteiger partial charge in [-0.25, -0.2) is 5.43 Å². The fourth-order valence-corrected chi connectivity index (χ4v) is 2.34. The highest BCUT2D eigenvalue weighted by Gasteiger charge is 2.15. The number of nitrogens with one attached hydrogen (secondary N) is 1. The van der Waals surface area contributed by atoms with Gasteiger partial charge in [0.2, 0.25) is 0 Å². The molecular weight excluding hydrogens is 354 g/mol. The summed E-state index contributed by atoms with van der Waals surface area (Å²) >= 11 is 0. The Morgan fingerprint density at radius 3 is 2.70 bits per heavy atom. The number of nitro groups is 1. The van der Waals surface area contributed by atoms with Crippen LogP contribution in [-0.4, -0.2) is 24.2 Å². The Morgan fingerprint density at radius 2 is 2.04 bits per heavy atom. The number of carbonyl (C=O) groups excluding carboxylic acids is 1. The number of furan rings is 2. The van der Waals surface area contributed by atoms with Gasteiger partial charge in [0.15, 0.2) is 5.76 Å². The molecule has 0 fully saturated rings. The van der Waals surface area contributed by atoms with Gasteiger partial charge in [-0.1, -0.05) is 0 Å². The lowest BCUT2D eigenvalue weighted by atomic mass is 10.1. The first kappa shape index (κ1) is 17.9. The number of hydrogen-bond donors (Lipinski definition) is 1. The Morgan fingerprint density at radius 1 is 1.22 bits per heavy atom. The predicted octanol–water partition coefficient (Wildman–Crippen LogP) is 3.53. The van der Waals surface area contributed by atoms with Crippen molar-refractivity contribution in [2.45, 2.75) is 6.92 Å². The van der Waals surface area contributed by atoms with Crippen LogP contribution in [-0.2, 0) is 0 Å². The Bertz CT molecular complexity index is 1020. The number of nitro benzene ring substituents is 1. The van der Waals surface area contributed by atoms with E-state index in [1.54, 1.807) is 31.2 Å². The van der Waals surface area contributed by atoms with E-state index < -0.39 is 10.8 Å². The van der Waals surface area contributed by atoms with Crippen molar-refractivity contribution in [3.05, 3.63) is 69.9 Å². The molecule has 27 heavy (non-hydrogen) atoms. The number of carbonyl (C=O) groups is 1. The molecule has 9 heteroatoms. The zero-order valence-electron chi connectivity index (χ0n) is 14.5. The van der Waals surface area contributed by atoms with E-state index in [2.05, 4.69) is 10.5 Å². The van der Waals surface area contributed by atoms with Gasteiger partial charge in [0.25, 0.3) is 5.69 Å². The van der Waals surface area contributed by atoms with E-state index in [0.717, 1.165) is 0 Å². The number of rotatable bonds is 6. The summed E-state index contributed by atoms with van der Waals surface area (Å²) in [6.45, 7) is 1.73. The van der Waals surface area contributed by atoms with Crippen molar-refractivity contribution < 1.29 is 23.3 Å². The van der Waals surface area contributed by atoms with Crippen molar-refractivity contribution in [3.63, 3.8) is 0 Å². The second-order valence-corrected chi connectivity index (χ2v) is 5.45. The molecule has 0 atom stereocenters. The van der Waals surface area contributed by atoms with Crippen molar-refractivity contribution in [1.29, 1.82) is 0 Å². The number of aryl methyl sites for hydroxylation is 1. The molecule has 0 aliphatic carbocycles. The van der Waals surface area contributed by atoms with Gasteiger partial charge in [0.05, 0.1) is 23.8 Å². The van der Waals surface area contributed by atoms with Crippen molar-refractivity contribution in [2.24, 2.45) is 5.10 Å². The molecule has 0 saturated heterocycles. The maximum Gasteiger partial charge on any atom is 0.307 e. The predicted molar refractivity (Wildman–Crippen MR) is 95.9 cm³/mol. The van der Waals surface area contributed by atoms with Gasteiger partial charge in [-0.3, -0.25) is 14.9 Å². The minimum atomic E-state index is -0.500. The maximum atomic E-state index is 11.8. The first-order valence-electron chi connectivity index (χ1n) is 7.80. The highest BCUT2D eigenvalue weighted by Crippen LogP contribution is 2.34. The van der Waals surface area contributed by atoms with Gasteiger partial charge in [-0.05, 0) is 37.3 Å². The summed E-state index contributed by atoms with van der Waals surface area (Å²) in [5.41, 5.74) is 2.67. The third-order valence-electron chi connectivity index (χ3n) is 3.61. The zero-order valence-corrected chi connectivity index (χ0v) is 14.5. The third kappa shape index (κ3) is 4.03. The van der Waals surface area contributed by atoms with Gasteiger partial charge < -0.3 is 13.6 Å². The summed E-state index contributed by atoms with van der Waals surface area (Å²) in [7, 11) is 1.46. The highest BCUT2D eigenvalue weighted by molar-refractivity contribution is 5.92. The number of benzene rings is 1. The summed E-state index contributed by atoms with van der Waals surface area (Å²) in [5, 5.41) is 14.8. The van der Waals surface area contributed by atoms with Crippen molar-refractivity contribution >= 4 is 17.8 Å². The molecule has 1 aromatic carbocycles. The van der Waals surface area contributed by atoms with E-state index in [4.69, 9.17) is 13.6 Å². The number of amides is 1. The number of nitrogens with zero attached hydrogens (tertiary/aromatic N) is 2. The standard InChI is InChI=1S/C18H15N3O6/c1-11-3-6-17(26-11)18(22)20-19-10-13-5-8-16(27-13)14-9-12(21(23)24)4-7-15(14)25-2/h3-10H,1-2H3,(H,20,22)/b19-10-. The molecule has 0 saturated carbocycles. The van der Waals surface area contributed by atoms with Crippen molar-refractivity contribution in [2.75, 3.05) is 7.11 Å². The molecule has 9 nitrogen and oxygen atoms in total. The van der Waals surface area contributed by atoms with Crippen molar-refractivity contribution in [3.8, 4) is 17.1 Å². The summed E-state index contributed by atoms with van der Waals surface area (Å²) in [6.07, 6.45) is 1.31. The minimum absolute atomic E-state index is 0.0848. The Hall–Kier alpha value is -3.88. The molecule has 0 radical (unpaired) electrons. The smallest absolute Gasteiger partial charge is 0.307 e. The molecule has 0 aliphatic rings. The average Bonchev–Trinajstić information content (AvgIpc) is 3.30. The molecule has 2 aromatic heterocycles. The van der Waals surface area contributed by atoms with Crippen LogP contribution >= 0.6 is 0 Å². The van der Waals surface area contributed by atoms with Crippen LogP contribution in [0.5, 0.6) is 5.75 Å². The van der Waals surface area contributed by atoms with Gasteiger partial charge in [-0.2, -0.15) is 5.10 Å². The quantitative estimate of drug-likeness (QED) is 0.403. The van der Waals surface area contributed by atoms with Crippen LogP contribution in [0.25, 0.3) is 11.3 Å². The summed E-state index contributed by atoms with van der Waals surface area (Å²) in [5.74, 6) is 1.41. The lowest BCUT2D eigenvalue weighted by Crippen LogP contribution is -2.16. The number of ether oxygens (including phenoxy) is 1. The van der Waals surface area contributed by atoms with Gasteiger partial charge in [0.1, 0.15) is 23.0 Å². The molecule has 0 bridgehead atoms. The van der Waals surface area contributed by atoms with Crippen molar-refractivity contribution in [1.82, 2.24) is 5.43 Å². The van der Waals surface area contributed by atoms with E-state index in [9.17, 15) is 14.9 Å². The van der Waals surface area contributed by atoms with Gasteiger partial charge in [-0.15, -0.1) is 0 Å². The number of hydrogen-bond acceptors (Lipinski definition) is 7. The normalized spacial score (nSPS) is 10.9. The summed E-state index contributed by atoms with van der Waals surface area (Å²) in [4.78, 5) is 22.3. The Kier molecular flexibility index (Phi) is 5.02. The first-order valence-corrected chi connectivity index (χ1v) is 7.80. The summed E-state index contributed by atoms with van der Waals surface area (Å²) in [6, 6.07) is 10.7. The fourth-order valence-electron chi connectivity index (χ4n) is 2.34. The number of non-ortho nitro benzene ring substituents is 1. The molecule has 2 heterocycles. The van der Waals surface area contributed by atoms with Crippen LogP contribution in [0, 0.1) is 17.0 Å². The van der Waals surface area contributed by atoms with Crippen LogP contribution in [0.3, 0.4) is 0 Å². The molecule has 1 amide bonds. The number of hydrazone groups is 1. The Labute approximate surface area is 153 Å². The van der Waals surface area contributed by atoms with Crippen LogP contribution in [0.2, 0.25) is 0 Å². The lowest BCUT2D eigenvalue weighted by molar-refractivity contribution is -0.384. The molecule has 1 N–H and O–H groups in total. The molecule has 3 rings (SSSR count). The minimum Gasteiger partial charge on any atom is -0.496 e. The molecule has 0 spiro atoms. The van der Waals surface area contributed by atoms with E-state index in [1.807, 2.05) is 0 Å². The second-order valence-electron chi connectivity index (χ2n) is 5.45. The van der Waals surface area contributed by atoms with Crippen LogP contribution in [0.15, 0.2) is 56.4 Å². The lowest BCUT2D eigenvalue weighted by Gasteiger charge is -2.05. The summed E-state index contributed by atoms with van der Waals surface area (Å²) < 4.78 is 16.0. The zero-order chi connectivity index (χ0) is 19.4. The van der Waals surface area contributed by atoms with Gasteiger partial charge in [0, 0.05) is 12.1 Å². The SMILES string of the molecule is COc1ccc([N+](=O)[O-])cc1-c1ccc(/C=N\NC(=O)c2ccc(C)o2)o1. The first-order chi connectivity index (χ1) is 13.0. The van der Waals surface area contributed by atoms with E-state index in [0.29, 0.717) is 28.6 Å². The number of methoxy groups -OCH3 is 1.